The molecule has 5 heteroatoms. The van der Waals surface area contributed by atoms with Crippen molar-refractivity contribution >= 4 is 23.1 Å². The molecule has 21 heavy (non-hydrogen) atoms. The number of aromatic nitrogens is 2. The average molecular weight is 281 g/mol. The molecule has 1 aliphatic heterocycles. The first-order chi connectivity index (χ1) is 9.99. The van der Waals surface area contributed by atoms with Crippen LogP contribution in [-0.2, 0) is 9.53 Å². The summed E-state index contributed by atoms with van der Waals surface area (Å²) in [5.74, 6) is -0.262. The first kappa shape index (κ1) is 13.3. The van der Waals surface area contributed by atoms with Crippen LogP contribution in [0.1, 0.15) is 25.1 Å². The number of ether oxygens (including phenoxy) is 1. The topological polar surface area (TPSA) is 78.1 Å². The number of nitrogens with zero attached hydrogens (tertiary/aromatic N) is 2. The van der Waals surface area contributed by atoms with Crippen LogP contribution in [0.3, 0.4) is 0 Å². The van der Waals surface area contributed by atoms with Gasteiger partial charge in [0.1, 0.15) is 5.60 Å². The minimum absolute atomic E-state index is 0.130. The Balaban J connectivity index is 2.28. The van der Waals surface area contributed by atoms with Gasteiger partial charge in [-0.15, -0.1) is 0 Å². The molecule has 1 aromatic carbocycles. The zero-order chi connectivity index (χ0) is 15.0. The molecule has 0 saturated heterocycles. The summed E-state index contributed by atoms with van der Waals surface area (Å²) in [5.41, 5.74) is 7.58. The van der Waals surface area contributed by atoms with E-state index in [2.05, 4.69) is 9.97 Å². The third-order valence-corrected chi connectivity index (χ3v) is 3.40. The number of benzene rings is 1. The molecule has 1 aromatic heterocycles. The van der Waals surface area contributed by atoms with Crippen LogP contribution in [0.25, 0.3) is 11.1 Å². The number of hydrogen-bond donors (Lipinski definition) is 1. The third-order valence-electron chi connectivity index (χ3n) is 3.40. The van der Waals surface area contributed by atoms with E-state index in [1.807, 2.05) is 44.2 Å². The summed E-state index contributed by atoms with van der Waals surface area (Å²) in [7, 11) is 0. The molecular formula is C16H15N3O2. The van der Waals surface area contributed by atoms with Gasteiger partial charge < -0.3 is 10.5 Å². The highest BCUT2D eigenvalue weighted by Crippen LogP contribution is 2.43. The maximum atomic E-state index is 12.3. The number of anilines is 1. The SMILES string of the molecule is CC1(C)OC(=O)C(c2ccnc(N)n2)=C1c1ccccc1. The fourth-order valence-corrected chi connectivity index (χ4v) is 2.58. The van der Waals surface area contributed by atoms with Crippen molar-refractivity contribution in [2.75, 3.05) is 5.73 Å². The molecule has 106 valence electrons. The molecule has 0 fully saturated rings. The Morgan fingerprint density at radius 2 is 1.86 bits per heavy atom. The van der Waals surface area contributed by atoms with Gasteiger partial charge in [0.25, 0.3) is 0 Å². The van der Waals surface area contributed by atoms with Crippen LogP contribution >= 0.6 is 0 Å². The predicted octanol–water partition coefficient (Wildman–Crippen LogP) is 2.31. The number of carbonyl (C=O) groups excluding carboxylic acids is 1. The number of rotatable bonds is 2. The summed E-state index contributed by atoms with van der Waals surface area (Å²) < 4.78 is 5.51. The van der Waals surface area contributed by atoms with Crippen LogP contribution in [0, 0.1) is 0 Å². The predicted molar refractivity (Wildman–Crippen MR) is 79.9 cm³/mol. The van der Waals surface area contributed by atoms with Gasteiger partial charge in [-0.3, -0.25) is 0 Å². The fourth-order valence-electron chi connectivity index (χ4n) is 2.58. The number of cyclic esters (lactones) is 1. The summed E-state index contributed by atoms with van der Waals surface area (Å²) in [5, 5.41) is 0. The van der Waals surface area contributed by atoms with E-state index >= 15 is 0 Å². The lowest BCUT2D eigenvalue weighted by Crippen LogP contribution is -2.22. The van der Waals surface area contributed by atoms with E-state index in [1.165, 1.54) is 6.20 Å². The molecule has 2 aromatic rings. The zero-order valence-corrected chi connectivity index (χ0v) is 11.8. The van der Waals surface area contributed by atoms with Gasteiger partial charge in [0.15, 0.2) is 0 Å². The smallest absolute Gasteiger partial charge is 0.341 e. The highest BCUT2D eigenvalue weighted by molar-refractivity contribution is 6.28. The monoisotopic (exact) mass is 281 g/mol. The minimum atomic E-state index is -0.715. The highest BCUT2D eigenvalue weighted by Gasteiger charge is 2.42. The molecule has 0 aliphatic carbocycles. The Hall–Kier alpha value is -2.69. The van der Waals surface area contributed by atoms with Crippen molar-refractivity contribution in [1.29, 1.82) is 0 Å². The van der Waals surface area contributed by atoms with Crippen molar-refractivity contribution in [1.82, 2.24) is 9.97 Å². The van der Waals surface area contributed by atoms with E-state index in [9.17, 15) is 4.79 Å². The molecular weight excluding hydrogens is 266 g/mol. The van der Waals surface area contributed by atoms with Gasteiger partial charge in [-0.2, -0.15) is 0 Å². The van der Waals surface area contributed by atoms with Crippen molar-refractivity contribution in [2.45, 2.75) is 19.4 Å². The normalized spacial score (nSPS) is 17.0. The Morgan fingerprint density at radius 3 is 2.52 bits per heavy atom. The lowest BCUT2D eigenvalue weighted by Gasteiger charge is -2.21. The molecule has 0 amide bonds. The number of carbonyl (C=O) groups is 1. The van der Waals surface area contributed by atoms with Crippen molar-refractivity contribution in [3.8, 4) is 0 Å². The highest BCUT2D eigenvalue weighted by atomic mass is 16.6. The molecule has 5 nitrogen and oxygen atoms in total. The fraction of sp³-hybridized carbons (Fsp3) is 0.188. The first-order valence-electron chi connectivity index (χ1n) is 6.61. The van der Waals surface area contributed by atoms with Crippen molar-refractivity contribution in [2.24, 2.45) is 0 Å². The average Bonchev–Trinajstić information content (AvgIpc) is 2.69. The standard InChI is InChI=1S/C16H15N3O2/c1-16(2)13(10-6-4-3-5-7-10)12(14(20)21-16)11-8-9-18-15(17)19-11/h3-9H,1-2H3,(H2,17,18,19). The first-order valence-corrected chi connectivity index (χ1v) is 6.61. The molecule has 1 aliphatic rings. The van der Waals surface area contributed by atoms with Gasteiger partial charge in [0.05, 0.1) is 11.3 Å². The molecule has 2 N–H and O–H groups in total. The van der Waals surface area contributed by atoms with Crippen molar-refractivity contribution < 1.29 is 9.53 Å². The molecule has 3 rings (SSSR count). The summed E-state index contributed by atoms with van der Waals surface area (Å²) in [6, 6.07) is 11.3. The number of hydrogen-bond acceptors (Lipinski definition) is 5. The van der Waals surface area contributed by atoms with Gasteiger partial charge >= 0.3 is 5.97 Å². The van der Waals surface area contributed by atoms with E-state index < -0.39 is 11.6 Å². The molecule has 0 radical (unpaired) electrons. The summed E-state index contributed by atoms with van der Waals surface area (Å²) in [4.78, 5) is 20.3. The van der Waals surface area contributed by atoms with Gasteiger partial charge in [-0.25, -0.2) is 14.8 Å². The second-order valence-electron chi connectivity index (χ2n) is 5.32. The molecule has 0 spiro atoms. The van der Waals surface area contributed by atoms with Gasteiger partial charge in [-0.05, 0) is 25.5 Å². The van der Waals surface area contributed by atoms with Crippen molar-refractivity contribution in [3.05, 3.63) is 53.9 Å². The molecule has 2 heterocycles. The van der Waals surface area contributed by atoms with E-state index in [-0.39, 0.29) is 5.95 Å². The summed E-state index contributed by atoms with van der Waals surface area (Å²) >= 11 is 0. The van der Waals surface area contributed by atoms with E-state index in [0.29, 0.717) is 11.3 Å². The molecule has 0 saturated carbocycles. The Kier molecular flexibility index (Phi) is 2.97. The van der Waals surface area contributed by atoms with E-state index in [1.54, 1.807) is 6.07 Å². The quantitative estimate of drug-likeness (QED) is 0.855. The van der Waals surface area contributed by atoms with Crippen LogP contribution in [0.15, 0.2) is 42.6 Å². The number of esters is 1. The van der Waals surface area contributed by atoms with Gasteiger partial charge in [0, 0.05) is 11.8 Å². The maximum Gasteiger partial charge on any atom is 0.341 e. The van der Waals surface area contributed by atoms with E-state index in [0.717, 1.165) is 11.1 Å². The Morgan fingerprint density at radius 1 is 1.14 bits per heavy atom. The zero-order valence-electron chi connectivity index (χ0n) is 11.8. The lowest BCUT2D eigenvalue weighted by molar-refractivity contribution is -0.141. The number of nitrogens with two attached hydrogens (primary N) is 1. The van der Waals surface area contributed by atoms with Crippen LogP contribution < -0.4 is 5.73 Å². The molecule has 0 atom stereocenters. The van der Waals surface area contributed by atoms with Gasteiger partial charge in [-0.1, -0.05) is 30.3 Å². The lowest BCUT2D eigenvalue weighted by atomic mass is 9.88. The largest absolute Gasteiger partial charge is 0.451 e. The molecule has 0 bridgehead atoms. The van der Waals surface area contributed by atoms with Crippen LogP contribution in [-0.4, -0.2) is 21.5 Å². The Bertz CT molecular complexity index is 736. The number of nitrogen functional groups attached to an aromatic ring is 1. The molecule has 0 unspecified atom stereocenters. The van der Waals surface area contributed by atoms with E-state index in [4.69, 9.17) is 10.5 Å². The minimum Gasteiger partial charge on any atom is -0.451 e. The summed E-state index contributed by atoms with van der Waals surface area (Å²) in [6.07, 6.45) is 1.53. The third kappa shape index (κ3) is 2.27. The Labute approximate surface area is 122 Å². The van der Waals surface area contributed by atoms with Crippen LogP contribution in [0.4, 0.5) is 5.95 Å². The van der Waals surface area contributed by atoms with Crippen LogP contribution in [0.2, 0.25) is 0 Å². The summed E-state index contributed by atoms with van der Waals surface area (Å²) in [6.45, 7) is 3.73. The van der Waals surface area contributed by atoms with Crippen LogP contribution in [0.5, 0.6) is 0 Å². The second-order valence-corrected chi connectivity index (χ2v) is 5.32. The van der Waals surface area contributed by atoms with Gasteiger partial charge in [0.2, 0.25) is 5.95 Å². The maximum absolute atomic E-state index is 12.3. The second kappa shape index (κ2) is 4.70. The van der Waals surface area contributed by atoms with Crippen molar-refractivity contribution in [3.63, 3.8) is 0 Å².